The van der Waals surface area contributed by atoms with Crippen LogP contribution in [0.3, 0.4) is 0 Å². The fourth-order valence-electron chi connectivity index (χ4n) is 7.53. The Kier molecular flexibility index (Phi) is 17.1. The third-order valence-corrected chi connectivity index (χ3v) is 16.0. The number of rotatable bonds is 2. The molecule has 1 spiro atoms. The molecule has 0 nitrogen and oxygen atoms in total. The van der Waals surface area contributed by atoms with E-state index < -0.39 is 13.4 Å². The second-order valence-corrected chi connectivity index (χ2v) is 29.4. The largest absolute Gasteiger partial charge is 1.00 e. The summed E-state index contributed by atoms with van der Waals surface area (Å²) in [5.41, 5.74) is 10.3. The summed E-state index contributed by atoms with van der Waals surface area (Å²) >= 11 is 27.0. The maximum absolute atomic E-state index is 4.97. The number of fused-ring (bicyclic) bond motifs is 10. The second kappa shape index (κ2) is 21.3. The third-order valence-electron chi connectivity index (χ3n) is 9.65. The van der Waals surface area contributed by atoms with Crippen LogP contribution in [0, 0.1) is 12.1 Å². The van der Waals surface area contributed by atoms with Crippen LogP contribution in [0.15, 0.2) is 203 Å². The van der Waals surface area contributed by atoms with Gasteiger partial charge in [0.05, 0.1) is 0 Å². The van der Waals surface area contributed by atoms with E-state index in [0.29, 0.717) is 0 Å². The van der Waals surface area contributed by atoms with Crippen molar-refractivity contribution in [2.24, 2.45) is 0 Å². The van der Waals surface area contributed by atoms with Gasteiger partial charge in [0.1, 0.15) is 0 Å². The molecule has 0 saturated carbocycles. The molecular formula is C48H32Br2Cl4Li2Si2. The number of hydrogen-bond donors (Lipinski definition) is 0. The molecule has 8 aromatic carbocycles. The maximum atomic E-state index is 4.97. The van der Waals surface area contributed by atoms with Crippen LogP contribution < -0.4 is 58.5 Å². The molecule has 0 saturated heterocycles. The first-order chi connectivity index (χ1) is 27.2. The van der Waals surface area contributed by atoms with Crippen LogP contribution >= 0.6 is 76.2 Å². The van der Waals surface area contributed by atoms with Crippen molar-refractivity contribution in [1.82, 2.24) is 0 Å². The van der Waals surface area contributed by atoms with Crippen molar-refractivity contribution in [1.29, 1.82) is 0 Å². The van der Waals surface area contributed by atoms with Gasteiger partial charge in [0, 0.05) is 8.95 Å². The summed E-state index contributed by atoms with van der Waals surface area (Å²) < 4.78 is 2.24. The Hall–Kier alpha value is -2.49. The van der Waals surface area contributed by atoms with Crippen LogP contribution in [0.2, 0.25) is 0 Å². The smallest absolute Gasteiger partial charge is 0.226 e. The first-order valence-electron chi connectivity index (χ1n) is 17.8. The Morgan fingerprint density at radius 2 is 0.586 bits per heavy atom. The fourth-order valence-corrected chi connectivity index (χ4v) is 14.1. The Morgan fingerprint density at radius 1 is 0.345 bits per heavy atom. The molecule has 2 aliphatic rings. The Labute approximate surface area is 403 Å². The summed E-state index contributed by atoms with van der Waals surface area (Å²) in [6.45, 7) is 0. The average molecular weight is 980 g/mol. The summed E-state index contributed by atoms with van der Waals surface area (Å²) in [5.74, 6) is 0. The minimum Gasteiger partial charge on any atom is -0.226 e. The van der Waals surface area contributed by atoms with Gasteiger partial charge in [0.25, 0.3) is 0 Å². The molecule has 0 amide bonds. The Balaban J connectivity index is 0.000000166. The molecule has 0 N–H and O–H groups in total. The van der Waals surface area contributed by atoms with Gasteiger partial charge in [-0.15, -0.1) is 56.4 Å². The van der Waals surface area contributed by atoms with Crippen molar-refractivity contribution in [2.45, 2.75) is 0 Å². The summed E-state index contributed by atoms with van der Waals surface area (Å²) in [4.78, 5) is 0. The van der Waals surface area contributed by atoms with Gasteiger partial charge < -0.3 is 0 Å². The summed E-state index contributed by atoms with van der Waals surface area (Å²) in [6.07, 6.45) is 0. The van der Waals surface area contributed by atoms with Crippen molar-refractivity contribution < 1.29 is 37.7 Å². The SMILES string of the molecule is Brc1ccccc1-c1ccccc1Br.Cl[Si](Cl)(Cl)Cl.[Li+].[Li+].[c-]1ccccc1-c1[c-]cccc1.c1ccc2c(c1)-c1ccccc1[Si]21c2ccccc2-c2ccccc21. The molecule has 0 fully saturated rings. The van der Waals surface area contributed by atoms with Crippen molar-refractivity contribution in [3.8, 4) is 44.5 Å². The number of hydrogen-bond acceptors (Lipinski definition) is 0. The van der Waals surface area contributed by atoms with Crippen molar-refractivity contribution in [2.75, 3.05) is 0 Å². The zero-order valence-electron chi connectivity index (χ0n) is 31.7. The Morgan fingerprint density at radius 3 is 0.845 bits per heavy atom. The van der Waals surface area contributed by atoms with Crippen molar-refractivity contribution in [3.05, 3.63) is 215 Å². The van der Waals surface area contributed by atoms with E-state index in [0.717, 1.165) is 20.1 Å². The van der Waals surface area contributed by atoms with E-state index in [1.807, 2.05) is 72.8 Å². The number of halogens is 6. The molecule has 2 heterocycles. The van der Waals surface area contributed by atoms with E-state index in [9.17, 15) is 0 Å². The van der Waals surface area contributed by atoms with Crippen LogP contribution in [0.1, 0.15) is 0 Å². The second-order valence-electron chi connectivity index (χ2n) is 12.9. The third kappa shape index (κ3) is 10.3. The Bertz CT molecular complexity index is 2310. The molecule has 0 unspecified atom stereocenters. The van der Waals surface area contributed by atoms with Crippen molar-refractivity contribution in [3.63, 3.8) is 0 Å². The molecule has 8 aromatic rings. The number of benzene rings is 8. The van der Waals surface area contributed by atoms with Gasteiger partial charge in [0.2, 0.25) is 0 Å². The zero-order valence-corrected chi connectivity index (χ0v) is 39.9. The minimum atomic E-state index is -2.72. The molecule has 0 aromatic heterocycles. The summed E-state index contributed by atoms with van der Waals surface area (Å²) in [7, 11) is -2.15. The van der Waals surface area contributed by atoms with Gasteiger partial charge in [-0.1, -0.05) is 165 Å². The fraction of sp³-hybridized carbons (Fsp3) is 0. The molecule has 0 aliphatic carbocycles. The van der Waals surface area contributed by atoms with Gasteiger partial charge in [-0.05, 0) is 66.3 Å². The summed E-state index contributed by atoms with van der Waals surface area (Å²) in [6, 6.07) is 74.8. The standard InChI is InChI=1S/C24H16Si.C12H8Br2.C12H8.Cl4Si.2Li/c1-5-13-21-17(9-1)18-10-2-6-14-22(18)25(21)23-15-7-3-11-19(23)20-12-4-8-16-24(20)25;13-11-7-3-1-5-9(11)10-6-2-4-8-12(10)14;1-3-7-11(8-4-1)12-9-5-2-6-10-12;1-5(2,3)4;;/h1-16H;1-8H;1-7,9H;;;/q;;-2;;2*+1. The monoisotopic (exact) mass is 976 g/mol. The molecule has 10 rings (SSSR count). The molecule has 0 radical (unpaired) electrons. The van der Waals surface area contributed by atoms with E-state index in [2.05, 4.69) is 165 Å². The topological polar surface area (TPSA) is 0 Å². The maximum Gasteiger partial charge on any atom is 1.00 e. The van der Waals surface area contributed by atoms with Gasteiger partial charge >= 0.3 is 43.0 Å². The van der Waals surface area contributed by atoms with E-state index in [4.69, 9.17) is 44.3 Å². The average Bonchev–Trinajstić information content (AvgIpc) is 3.70. The van der Waals surface area contributed by atoms with Crippen LogP contribution in [-0.4, -0.2) is 13.4 Å². The van der Waals surface area contributed by atoms with E-state index in [1.165, 1.54) is 33.4 Å². The first-order valence-corrected chi connectivity index (χ1v) is 27.4. The minimum absolute atomic E-state index is 0. The normalized spacial score (nSPS) is 11.8. The molecule has 0 atom stereocenters. The molecule has 2 aliphatic heterocycles. The zero-order chi connectivity index (χ0) is 39.1. The van der Waals surface area contributed by atoms with Crippen molar-refractivity contribution >= 4 is 110 Å². The van der Waals surface area contributed by atoms with E-state index in [-0.39, 0.29) is 37.7 Å². The van der Waals surface area contributed by atoms with E-state index in [1.54, 1.807) is 20.7 Å². The summed E-state index contributed by atoms with van der Waals surface area (Å²) in [5, 5.41) is 3.48. The predicted octanol–water partition coefficient (Wildman–Crippen LogP) is 7.24. The van der Waals surface area contributed by atoms with Gasteiger partial charge in [-0.3, -0.25) is 0 Å². The quantitative estimate of drug-likeness (QED) is 0.0975. The molecule has 10 heteroatoms. The molecular weight excluding hydrogens is 948 g/mol. The molecule has 276 valence electrons. The van der Waals surface area contributed by atoms with Gasteiger partial charge in [-0.25, -0.2) is 11.1 Å². The van der Waals surface area contributed by atoms with E-state index >= 15 is 0 Å². The molecule has 0 bridgehead atoms. The van der Waals surface area contributed by atoms with Gasteiger partial charge in [0.15, 0.2) is 8.07 Å². The first kappa shape index (κ1) is 46.6. The predicted molar refractivity (Wildman–Crippen MR) is 254 cm³/mol. The van der Waals surface area contributed by atoms with Gasteiger partial charge in [-0.2, -0.15) is 48.5 Å². The van der Waals surface area contributed by atoms with Crippen LogP contribution in [0.4, 0.5) is 0 Å². The van der Waals surface area contributed by atoms with Crippen LogP contribution in [0.25, 0.3) is 44.5 Å². The molecule has 58 heavy (non-hydrogen) atoms. The van der Waals surface area contributed by atoms with Crippen LogP contribution in [-0.2, 0) is 0 Å². The van der Waals surface area contributed by atoms with Crippen LogP contribution in [0.5, 0.6) is 0 Å².